The van der Waals surface area contributed by atoms with Gasteiger partial charge in [0.25, 0.3) is 0 Å². The lowest BCUT2D eigenvalue weighted by Crippen LogP contribution is -2.38. The van der Waals surface area contributed by atoms with Crippen LogP contribution in [0.5, 0.6) is 0 Å². The topological polar surface area (TPSA) is 41.1 Å². The molecule has 0 aromatic carbocycles. The first kappa shape index (κ1) is 13.1. The molecule has 2 amide bonds. The molecule has 0 aromatic rings. The predicted molar refractivity (Wildman–Crippen MR) is 67.3 cm³/mol. The van der Waals surface area contributed by atoms with Gasteiger partial charge in [0.2, 0.25) is 0 Å². The van der Waals surface area contributed by atoms with Gasteiger partial charge in [-0.1, -0.05) is 32.3 Å². The van der Waals surface area contributed by atoms with E-state index < -0.39 is 0 Å². The molecule has 1 aliphatic rings. The molecule has 0 aliphatic heterocycles. The summed E-state index contributed by atoms with van der Waals surface area (Å²) in [6, 6.07) is -0.0717. The molecule has 0 spiro atoms. The molecule has 2 N–H and O–H groups in total. The molecule has 1 fully saturated rings. The largest absolute Gasteiger partial charge is 0.338 e. The van der Waals surface area contributed by atoms with Crippen molar-refractivity contribution in [2.45, 2.75) is 39.0 Å². The van der Waals surface area contributed by atoms with Gasteiger partial charge in [0.1, 0.15) is 0 Å². The fourth-order valence-corrected chi connectivity index (χ4v) is 2.31. The molecule has 0 aromatic heterocycles. The molecule has 3 heteroatoms. The summed E-state index contributed by atoms with van der Waals surface area (Å²) in [5, 5.41) is 5.65. The molecule has 92 valence electrons. The molecule has 0 unspecified atom stereocenters. The van der Waals surface area contributed by atoms with E-state index in [9.17, 15) is 4.79 Å². The van der Waals surface area contributed by atoms with Crippen LogP contribution in [-0.2, 0) is 0 Å². The van der Waals surface area contributed by atoms with Crippen LogP contribution in [0.4, 0.5) is 4.79 Å². The summed E-state index contributed by atoms with van der Waals surface area (Å²) >= 11 is 0. The lowest BCUT2D eigenvalue weighted by atomic mass is 9.81. The minimum Gasteiger partial charge on any atom is -0.338 e. The van der Waals surface area contributed by atoms with E-state index in [0.717, 1.165) is 12.5 Å². The van der Waals surface area contributed by atoms with Crippen molar-refractivity contribution >= 4 is 6.03 Å². The van der Waals surface area contributed by atoms with Gasteiger partial charge in [-0.3, -0.25) is 0 Å². The Morgan fingerprint density at radius 3 is 2.44 bits per heavy atom. The highest BCUT2D eigenvalue weighted by molar-refractivity contribution is 5.73. The monoisotopic (exact) mass is 224 g/mol. The molecule has 3 nitrogen and oxygen atoms in total. The zero-order chi connectivity index (χ0) is 11.8. The fraction of sp³-hybridized carbons (Fsp3) is 0.769. The van der Waals surface area contributed by atoms with Gasteiger partial charge in [-0.05, 0) is 24.7 Å². The van der Waals surface area contributed by atoms with Gasteiger partial charge < -0.3 is 10.6 Å². The lowest BCUT2D eigenvalue weighted by Gasteiger charge is -2.27. The Morgan fingerprint density at radius 1 is 1.25 bits per heavy atom. The minimum absolute atomic E-state index is 0.0717. The Bertz CT molecular complexity index is 220. The van der Waals surface area contributed by atoms with Gasteiger partial charge in [0, 0.05) is 13.1 Å². The van der Waals surface area contributed by atoms with Crippen LogP contribution in [0.15, 0.2) is 12.7 Å². The summed E-state index contributed by atoms with van der Waals surface area (Å²) in [7, 11) is 0. The van der Waals surface area contributed by atoms with Gasteiger partial charge in [0.15, 0.2) is 0 Å². The second-order valence-corrected chi connectivity index (χ2v) is 4.67. The number of carbonyl (C=O) groups is 1. The van der Waals surface area contributed by atoms with E-state index in [1.54, 1.807) is 6.08 Å². The summed E-state index contributed by atoms with van der Waals surface area (Å²) < 4.78 is 0. The third-order valence-electron chi connectivity index (χ3n) is 3.50. The summed E-state index contributed by atoms with van der Waals surface area (Å²) in [6.45, 7) is 7.18. The Hall–Kier alpha value is -0.990. The second-order valence-electron chi connectivity index (χ2n) is 4.67. The Balaban J connectivity index is 2.10. The van der Waals surface area contributed by atoms with Crippen molar-refractivity contribution in [2.24, 2.45) is 11.8 Å². The second kappa shape index (κ2) is 7.31. The van der Waals surface area contributed by atoms with Gasteiger partial charge in [-0.2, -0.15) is 0 Å². The van der Waals surface area contributed by atoms with Crippen LogP contribution in [0.1, 0.15) is 39.0 Å². The van der Waals surface area contributed by atoms with Gasteiger partial charge >= 0.3 is 6.03 Å². The number of amides is 2. The Kier molecular flexibility index (Phi) is 5.98. The highest BCUT2D eigenvalue weighted by Gasteiger charge is 2.19. The van der Waals surface area contributed by atoms with E-state index in [1.807, 2.05) is 0 Å². The first-order chi connectivity index (χ1) is 7.76. The summed E-state index contributed by atoms with van der Waals surface area (Å²) in [6.07, 6.45) is 8.18. The van der Waals surface area contributed by atoms with E-state index in [2.05, 4.69) is 24.1 Å². The Morgan fingerprint density at radius 2 is 1.88 bits per heavy atom. The molecule has 0 radical (unpaired) electrons. The molecule has 0 atom stereocenters. The van der Waals surface area contributed by atoms with Crippen molar-refractivity contribution in [2.75, 3.05) is 13.1 Å². The zero-order valence-corrected chi connectivity index (χ0v) is 10.3. The summed E-state index contributed by atoms with van der Waals surface area (Å²) in [5.74, 6) is 1.60. The van der Waals surface area contributed by atoms with E-state index in [-0.39, 0.29) is 6.03 Å². The minimum atomic E-state index is -0.0717. The smallest absolute Gasteiger partial charge is 0.315 e. The number of hydrogen-bond acceptors (Lipinski definition) is 1. The van der Waals surface area contributed by atoms with Crippen LogP contribution in [0.25, 0.3) is 0 Å². The van der Waals surface area contributed by atoms with Crippen molar-refractivity contribution in [3.8, 4) is 0 Å². The maximum absolute atomic E-state index is 11.3. The van der Waals surface area contributed by atoms with Crippen LogP contribution in [0, 0.1) is 11.8 Å². The average Bonchev–Trinajstić information content (AvgIpc) is 2.34. The SMILES string of the molecule is C=CCNC(=O)NCC1CCC(CC)CC1. The molecule has 1 saturated carbocycles. The van der Waals surface area contributed by atoms with E-state index in [1.165, 1.54) is 32.1 Å². The predicted octanol–water partition coefficient (Wildman–Crippen LogP) is 2.69. The van der Waals surface area contributed by atoms with Crippen LogP contribution < -0.4 is 10.6 Å². The molecular weight excluding hydrogens is 200 g/mol. The fourth-order valence-electron chi connectivity index (χ4n) is 2.31. The zero-order valence-electron chi connectivity index (χ0n) is 10.3. The van der Waals surface area contributed by atoms with E-state index in [0.29, 0.717) is 12.5 Å². The summed E-state index contributed by atoms with van der Waals surface area (Å²) in [4.78, 5) is 11.3. The van der Waals surface area contributed by atoms with Crippen LogP contribution >= 0.6 is 0 Å². The van der Waals surface area contributed by atoms with Gasteiger partial charge in [-0.25, -0.2) is 4.79 Å². The highest BCUT2D eigenvalue weighted by Crippen LogP contribution is 2.29. The first-order valence-electron chi connectivity index (χ1n) is 6.38. The third kappa shape index (κ3) is 4.69. The van der Waals surface area contributed by atoms with Crippen LogP contribution in [0.2, 0.25) is 0 Å². The molecule has 0 saturated heterocycles. The average molecular weight is 224 g/mol. The molecular formula is C13H24N2O. The maximum atomic E-state index is 11.3. The Labute approximate surface area is 98.7 Å². The van der Waals surface area contributed by atoms with Crippen LogP contribution in [-0.4, -0.2) is 19.1 Å². The van der Waals surface area contributed by atoms with Crippen molar-refractivity contribution in [3.63, 3.8) is 0 Å². The number of hydrogen-bond donors (Lipinski definition) is 2. The first-order valence-corrected chi connectivity index (χ1v) is 6.38. The summed E-state index contributed by atoms with van der Waals surface area (Å²) in [5.41, 5.74) is 0. The molecule has 16 heavy (non-hydrogen) atoms. The lowest BCUT2D eigenvalue weighted by molar-refractivity contribution is 0.231. The van der Waals surface area contributed by atoms with E-state index in [4.69, 9.17) is 0 Å². The molecule has 1 aliphatic carbocycles. The molecule has 1 rings (SSSR count). The molecule has 0 heterocycles. The van der Waals surface area contributed by atoms with Gasteiger partial charge in [0.05, 0.1) is 0 Å². The number of carbonyl (C=O) groups excluding carboxylic acids is 1. The van der Waals surface area contributed by atoms with Gasteiger partial charge in [-0.15, -0.1) is 6.58 Å². The standard InChI is InChI=1S/C13H24N2O/c1-3-9-14-13(16)15-10-12-7-5-11(4-2)6-8-12/h3,11-12H,1,4-10H2,2H3,(H2,14,15,16). The van der Waals surface area contributed by atoms with Crippen molar-refractivity contribution < 1.29 is 4.79 Å². The van der Waals surface area contributed by atoms with Crippen LogP contribution in [0.3, 0.4) is 0 Å². The highest BCUT2D eigenvalue weighted by atomic mass is 16.2. The quantitative estimate of drug-likeness (QED) is 0.693. The molecule has 0 bridgehead atoms. The number of nitrogens with one attached hydrogen (secondary N) is 2. The normalized spacial score (nSPS) is 24.8. The maximum Gasteiger partial charge on any atom is 0.315 e. The number of urea groups is 1. The third-order valence-corrected chi connectivity index (χ3v) is 3.50. The van der Waals surface area contributed by atoms with Crippen molar-refractivity contribution in [3.05, 3.63) is 12.7 Å². The van der Waals surface area contributed by atoms with Crippen molar-refractivity contribution in [1.29, 1.82) is 0 Å². The number of rotatable bonds is 5. The van der Waals surface area contributed by atoms with Crippen molar-refractivity contribution in [1.82, 2.24) is 10.6 Å². The van der Waals surface area contributed by atoms with E-state index >= 15 is 0 Å².